The van der Waals surface area contributed by atoms with Crippen LogP contribution in [0.1, 0.15) is 62.8 Å². The van der Waals surface area contributed by atoms with Crippen LogP contribution in [-0.4, -0.2) is 29.7 Å². The molecule has 6 nitrogen and oxygen atoms in total. The highest BCUT2D eigenvalue weighted by molar-refractivity contribution is 5.97. The first-order valence-corrected chi connectivity index (χ1v) is 9.99. The molecule has 0 aliphatic rings. The zero-order valence-corrected chi connectivity index (χ0v) is 18.5. The van der Waals surface area contributed by atoms with E-state index in [2.05, 4.69) is 19.2 Å². The zero-order valence-electron chi connectivity index (χ0n) is 18.5. The number of carbonyl (C=O) groups is 2. The predicted molar refractivity (Wildman–Crippen MR) is 117 cm³/mol. The number of nitrogens with one attached hydrogen (secondary N) is 1. The van der Waals surface area contributed by atoms with Gasteiger partial charge in [0.15, 0.2) is 5.60 Å². The van der Waals surface area contributed by atoms with Gasteiger partial charge >= 0.3 is 5.97 Å². The van der Waals surface area contributed by atoms with Gasteiger partial charge in [0.2, 0.25) is 0 Å². The second kappa shape index (κ2) is 9.76. The maximum absolute atomic E-state index is 12.9. The van der Waals surface area contributed by atoms with Gasteiger partial charge in [0.1, 0.15) is 5.75 Å². The largest absolute Gasteiger partial charge is 0.481 e. The quantitative estimate of drug-likeness (QED) is 0.599. The number of hydrogen-bond donors (Lipinski definition) is 2. The third-order valence-electron chi connectivity index (χ3n) is 4.89. The lowest BCUT2D eigenvalue weighted by Gasteiger charge is -2.27. The van der Waals surface area contributed by atoms with Crippen LogP contribution in [0.5, 0.6) is 5.75 Å². The van der Waals surface area contributed by atoms with Gasteiger partial charge in [-0.3, -0.25) is 9.59 Å². The van der Waals surface area contributed by atoms with Crippen molar-refractivity contribution in [1.82, 2.24) is 0 Å². The Bertz CT molecular complexity index is 887. The number of aliphatic carboxylic acids is 1. The average Bonchev–Trinajstić information content (AvgIpc) is 2.66. The molecule has 0 spiro atoms. The van der Waals surface area contributed by atoms with Crippen LogP contribution in [0.15, 0.2) is 42.5 Å². The standard InChI is InChI=1S/C24H31NO5/c1-15(2)19-12-7-16(3)13-21(19)30-24(4,5)23(28)25-18-10-8-17(9-11-18)20(29-6)14-22(26)27/h7-13,15,20H,14H2,1-6H3,(H,25,28)(H,26,27). The predicted octanol–water partition coefficient (Wildman–Crippen LogP) is 5.08. The fraction of sp³-hybridized carbons (Fsp3) is 0.417. The molecule has 6 heteroatoms. The molecule has 162 valence electrons. The number of carboxylic acid groups (broad SMARTS) is 1. The fourth-order valence-corrected chi connectivity index (χ4v) is 3.09. The highest BCUT2D eigenvalue weighted by atomic mass is 16.5. The Kier molecular flexibility index (Phi) is 7.62. The highest BCUT2D eigenvalue weighted by Gasteiger charge is 2.31. The van der Waals surface area contributed by atoms with E-state index >= 15 is 0 Å². The van der Waals surface area contributed by atoms with Crippen molar-refractivity contribution in [2.24, 2.45) is 0 Å². The highest BCUT2D eigenvalue weighted by Crippen LogP contribution is 2.31. The van der Waals surface area contributed by atoms with Gasteiger partial charge in [-0.15, -0.1) is 0 Å². The molecule has 0 aliphatic heterocycles. The van der Waals surface area contributed by atoms with E-state index in [1.807, 2.05) is 25.1 Å². The number of methoxy groups -OCH3 is 1. The van der Waals surface area contributed by atoms with Gasteiger partial charge in [0.25, 0.3) is 5.91 Å². The molecule has 30 heavy (non-hydrogen) atoms. The smallest absolute Gasteiger partial charge is 0.306 e. The molecule has 0 saturated heterocycles. The molecule has 0 heterocycles. The molecule has 2 N–H and O–H groups in total. The summed E-state index contributed by atoms with van der Waals surface area (Å²) < 4.78 is 11.4. The first-order valence-electron chi connectivity index (χ1n) is 9.99. The Morgan fingerprint density at radius 3 is 2.27 bits per heavy atom. The molecule has 0 fully saturated rings. The lowest BCUT2D eigenvalue weighted by atomic mass is 9.99. The number of carbonyl (C=O) groups excluding carboxylic acids is 1. The van der Waals surface area contributed by atoms with Gasteiger partial charge in [0, 0.05) is 12.8 Å². The van der Waals surface area contributed by atoms with Crippen LogP contribution in [0.2, 0.25) is 0 Å². The van der Waals surface area contributed by atoms with E-state index in [1.54, 1.807) is 38.1 Å². The van der Waals surface area contributed by atoms with E-state index in [9.17, 15) is 9.59 Å². The number of benzene rings is 2. The van der Waals surface area contributed by atoms with Gasteiger partial charge < -0.3 is 19.9 Å². The monoisotopic (exact) mass is 413 g/mol. The average molecular weight is 414 g/mol. The number of ether oxygens (including phenoxy) is 2. The topological polar surface area (TPSA) is 84.9 Å². The summed E-state index contributed by atoms with van der Waals surface area (Å²) in [5.74, 6) is -0.237. The molecule has 1 unspecified atom stereocenters. The summed E-state index contributed by atoms with van der Waals surface area (Å²) in [6, 6.07) is 13.0. The van der Waals surface area contributed by atoms with Crippen molar-refractivity contribution in [2.45, 2.75) is 58.7 Å². The molecular formula is C24H31NO5. The molecule has 0 aliphatic carbocycles. The Labute approximate surface area is 178 Å². The lowest BCUT2D eigenvalue weighted by Crippen LogP contribution is -2.42. The first-order chi connectivity index (χ1) is 14.0. The number of anilines is 1. The van der Waals surface area contributed by atoms with E-state index in [4.69, 9.17) is 14.6 Å². The Morgan fingerprint density at radius 2 is 1.73 bits per heavy atom. The van der Waals surface area contributed by atoms with Crippen molar-refractivity contribution in [3.63, 3.8) is 0 Å². The Balaban J connectivity index is 2.13. The Hall–Kier alpha value is -2.86. The molecule has 2 aromatic carbocycles. The molecule has 1 amide bonds. The van der Waals surface area contributed by atoms with Crippen LogP contribution in [-0.2, 0) is 14.3 Å². The van der Waals surface area contributed by atoms with Gasteiger partial charge in [-0.05, 0) is 61.6 Å². The van der Waals surface area contributed by atoms with Gasteiger partial charge in [0.05, 0.1) is 12.5 Å². The van der Waals surface area contributed by atoms with Gasteiger partial charge in [-0.2, -0.15) is 0 Å². The zero-order chi connectivity index (χ0) is 22.5. The van der Waals surface area contributed by atoms with E-state index in [1.165, 1.54) is 7.11 Å². The van der Waals surface area contributed by atoms with Crippen LogP contribution in [0.4, 0.5) is 5.69 Å². The van der Waals surface area contributed by atoms with Gasteiger partial charge in [-0.25, -0.2) is 0 Å². The minimum absolute atomic E-state index is 0.127. The number of amides is 1. The van der Waals surface area contributed by atoms with Crippen molar-refractivity contribution in [3.05, 3.63) is 59.2 Å². The van der Waals surface area contributed by atoms with Crippen LogP contribution >= 0.6 is 0 Å². The molecule has 0 saturated carbocycles. The summed E-state index contributed by atoms with van der Waals surface area (Å²) in [7, 11) is 1.47. The summed E-state index contributed by atoms with van der Waals surface area (Å²) in [6.45, 7) is 9.63. The molecule has 2 aromatic rings. The van der Waals surface area contributed by atoms with E-state index in [-0.39, 0.29) is 18.2 Å². The first kappa shape index (κ1) is 23.4. The maximum Gasteiger partial charge on any atom is 0.306 e. The number of rotatable bonds is 9. The number of aryl methyl sites for hydroxylation is 1. The molecule has 2 rings (SSSR count). The second-order valence-corrected chi connectivity index (χ2v) is 8.21. The van der Waals surface area contributed by atoms with Gasteiger partial charge in [-0.1, -0.05) is 38.1 Å². The van der Waals surface area contributed by atoms with Crippen molar-refractivity contribution >= 4 is 17.6 Å². The van der Waals surface area contributed by atoms with Crippen molar-refractivity contribution in [2.75, 3.05) is 12.4 Å². The normalized spacial score (nSPS) is 12.5. The number of hydrogen-bond acceptors (Lipinski definition) is 4. The molecule has 0 radical (unpaired) electrons. The second-order valence-electron chi connectivity index (χ2n) is 8.21. The fourth-order valence-electron chi connectivity index (χ4n) is 3.09. The molecule has 1 atom stereocenters. The lowest BCUT2D eigenvalue weighted by molar-refractivity contribution is -0.139. The van der Waals surface area contributed by atoms with Crippen molar-refractivity contribution < 1.29 is 24.2 Å². The third kappa shape index (κ3) is 6.07. The van der Waals surface area contributed by atoms with E-state index in [0.717, 1.165) is 16.7 Å². The van der Waals surface area contributed by atoms with Crippen molar-refractivity contribution in [1.29, 1.82) is 0 Å². The summed E-state index contributed by atoms with van der Waals surface area (Å²) in [5.41, 5.74) is 2.35. The third-order valence-corrected chi connectivity index (χ3v) is 4.89. The summed E-state index contributed by atoms with van der Waals surface area (Å²) >= 11 is 0. The summed E-state index contributed by atoms with van der Waals surface area (Å²) in [5, 5.41) is 11.9. The van der Waals surface area contributed by atoms with Crippen LogP contribution < -0.4 is 10.1 Å². The van der Waals surface area contributed by atoms with E-state index in [0.29, 0.717) is 11.4 Å². The SMILES string of the molecule is COC(CC(=O)O)c1ccc(NC(=O)C(C)(C)Oc2cc(C)ccc2C(C)C)cc1. The van der Waals surface area contributed by atoms with Crippen LogP contribution in [0.3, 0.4) is 0 Å². The van der Waals surface area contributed by atoms with Crippen LogP contribution in [0.25, 0.3) is 0 Å². The summed E-state index contributed by atoms with van der Waals surface area (Å²) in [4.78, 5) is 23.8. The minimum Gasteiger partial charge on any atom is -0.481 e. The minimum atomic E-state index is -1.09. The number of carboxylic acids is 1. The molecular weight excluding hydrogens is 382 g/mol. The Morgan fingerprint density at radius 1 is 1.10 bits per heavy atom. The van der Waals surface area contributed by atoms with Crippen LogP contribution in [0, 0.1) is 6.92 Å². The van der Waals surface area contributed by atoms with E-state index < -0.39 is 17.7 Å². The van der Waals surface area contributed by atoms with Crippen molar-refractivity contribution in [3.8, 4) is 5.75 Å². The maximum atomic E-state index is 12.9. The molecule has 0 aromatic heterocycles. The summed E-state index contributed by atoms with van der Waals surface area (Å²) in [6.07, 6.45) is -0.666. The molecule has 0 bridgehead atoms.